The largest absolute Gasteiger partial charge is 0.400 e. The quantitative estimate of drug-likeness (QED) is 0.485. The summed E-state index contributed by atoms with van der Waals surface area (Å²) in [5.74, 6) is 1.15. The molecule has 0 bridgehead atoms. The van der Waals surface area contributed by atoms with E-state index in [1.807, 2.05) is 0 Å². The van der Waals surface area contributed by atoms with Crippen LogP contribution in [-0.2, 0) is 0 Å². The summed E-state index contributed by atoms with van der Waals surface area (Å²) < 4.78 is 0.954. The average molecular weight is 151 g/mol. The first-order chi connectivity index (χ1) is 3.89. The van der Waals surface area contributed by atoms with Gasteiger partial charge in [0.15, 0.2) is 0 Å². The third-order valence-electron chi connectivity index (χ3n) is 0.605. The number of nitrogens with one attached hydrogen (secondary N) is 1. The van der Waals surface area contributed by atoms with Crippen molar-refractivity contribution in [3.05, 3.63) is 0 Å². The molecule has 0 radical (unpaired) electrons. The molecule has 1 aliphatic rings. The molecule has 0 unspecified atom stereocenters. The molecule has 0 aromatic rings. The van der Waals surface area contributed by atoms with Crippen LogP contribution in [0.4, 0.5) is 0 Å². The lowest BCUT2D eigenvalue weighted by Gasteiger charge is -1.82. The van der Waals surface area contributed by atoms with E-state index in [0.717, 1.165) is 23.7 Å². The lowest BCUT2D eigenvalue weighted by molar-refractivity contribution is 0.399. The molecule has 0 saturated carbocycles. The van der Waals surface area contributed by atoms with Gasteiger partial charge in [0.05, 0.1) is 0 Å². The Bertz CT molecular complexity index is 68.4. The summed E-state index contributed by atoms with van der Waals surface area (Å²) in [7, 11) is 1.00. The van der Waals surface area contributed by atoms with Gasteiger partial charge in [-0.25, -0.2) is 0 Å². The van der Waals surface area contributed by atoms with Crippen molar-refractivity contribution in [3.63, 3.8) is 0 Å². The number of hydrogen-bond acceptors (Lipinski definition) is 3. The highest BCUT2D eigenvalue weighted by Gasteiger charge is 2.01. The summed E-state index contributed by atoms with van der Waals surface area (Å²) in [6.07, 6.45) is 0. The van der Waals surface area contributed by atoms with Crippen LogP contribution in [0.15, 0.2) is 0 Å². The van der Waals surface area contributed by atoms with Crippen LogP contribution in [0.2, 0.25) is 0 Å². The minimum Gasteiger partial charge on any atom is -0.400 e. The molecule has 0 aromatic heterocycles. The molecule has 0 atom stereocenters. The zero-order valence-electron chi connectivity index (χ0n) is 4.68. The Kier molecular flexibility index (Phi) is 5.47. The number of rotatable bonds is 0. The molecule has 1 aliphatic heterocycles. The van der Waals surface area contributed by atoms with Gasteiger partial charge in [-0.05, 0) is 0 Å². The lowest BCUT2D eigenvalue weighted by Crippen LogP contribution is -2.09. The highest BCUT2D eigenvalue weighted by molar-refractivity contribution is 8.23. The molecule has 0 aliphatic carbocycles. The Morgan fingerprint density at radius 2 is 2.38 bits per heavy atom. The second-order valence-electron chi connectivity index (χ2n) is 1.06. The average Bonchev–Trinajstić information content (AvgIpc) is 2.24. The summed E-state index contributed by atoms with van der Waals surface area (Å²) in [5, 5.41) is 10.0. The first-order valence-corrected chi connectivity index (χ1v) is 3.64. The normalized spacial score (nSPS) is 16.5. The third kappa shape index (κ3) is 3.23. The fourth-order valence-corrected chi connectivity index (χ4v) is 1.29. The van der Waals surface area contributed by atoms with Crippen LogP contribution in [-0.4, -0.2) is 28.8 Å². The van der Waals surface area contributed by atoms with Crippen molar-refractivity contribution in [2.75, 3.05) is 19.4 Å². The zero-order chi connectivity index (χ0) is 6.41. The predicted molar refractivity (Wildman–Crippen MR) is 41.2 cm³/mol. The van der Waals surface area contributed by atoms with E-state index in [1.165, 1.54) is 0 Å². The van der Waals surface area contributed by atoms with Crippen molar-refractivity contribution in [2.45, 2.75) is 0 Å². The molecule has 2 N–H and O–H groups in total. The molecule has 0 spiro atoms. The molecule has 1 fully saturated rings. The molecule has 48 valence electrons. The summed E-state index contributed by atoms with van der Waals surface area (Å²) in [6, 6.07) is 0. The summed E-state index contributed by atoms with van der Waals surface area (Å²) in [4.78, 5) is 0. The summed E-state index contributed by atoms with van der Waals surface area (Å²) >= 11 is 6.49. The fourth-order valence-electron chi connectivity index (χ4n) is 0.348. The van der Waals surface area contributed by atoms with Crippen LogP contribution in [0.3, 0.4) is 0 Å². The summed E-state index contributed by atoms with van der Waals surface area (Å²) in [5.41, 5.74) is 0. The van der Waals surface area contributed by atoms with Crippen molar-refractivity contribution in [1.29, 1.82) is 0 Å². The van der Waals surface area contributed by atoms with Gasteiger partial charge in [0, 0.05) is 19.4 Å². The minimum atomic E-state index is 0.954. The van der Waals surface area contributed by atoms with E-state index >= 15 is 0 Å². The highest BCUT2D eigenvalue weighted by atomic mass is 32.2. The standard InChI is InChI=1S/C3H5NS2.CH4O/c5-3-4-1-2-6-3;1-2/h1-2H2,(H,4,5);2H,1H3. The molecule has 4 heteroatoms. The second-order valence-corrected chi connectivity index (χ2v) is 2.83. The number of hydrogen-bond donors (Lipinski definition) is 2. The van der Waals surface area contributed by atoms with Gasteiger partial charge in [0.1, 0.15) is 4.32 Å². The minimum absolute atomic E-state index is 0.954. The Hall–Kier alpha value is 0.200. The van der Waals surface area contributed by atoms with E-state index < -0.39 is 0 Å². The molecule has 1 saturated heterocycles. The predicted octanol–water partition coefficient (Wildman–Crippen LogP) is 0.216. The van der Waals surface area contributed by atoms with Gasteiger partial charge in [-0.1, -0.05) is 24.0 Å². The van der Waals surface area contributed by atoms with E-state index in [4.69, 9.17) is 17.3 Å². The van der Waals surface area contributed by atoms with Gasteiger partial charge in [0.2, 0.25) is 0 Å². The number of thiocarbonyl (C=S) groups is 1. The van der Waals surface area contributed by atoms with E-state index in [-0.39, 0.29) is 0 Å². The molecular weight excluding hydrogens is 142 g/mol. The molecular formula is C4H9NOS2. The maximum atomic E-state index is 7.00. The molecule has 8 heavy (non-hydrogen) atoms. The van der Waals surface area contributed by atoms with Crippen LogP contribution in [0.25, 0.3) is 0 Å². The van der Waals surface area contributed by atoms with E-state index in [9.17, 15) is 0 Å². The highest BCUT2D eigenvalue weighted by Crippen LogP contribution is 2.05. The first-order valence-electron chi connectivity index (χ1n) is 2.25. The monoisotopic (exact) mass is 151 g/mol. The van der Waals surface area contributed by atoms with Crippen LogP contribution < -0.4 is 5.32 Å². The molecule has 2 nitrogen and oxygen atoms in total. The number of thioether (sulfide) groups is 1. The van der Waals surface area contributed by atoms with Gasteiger partial charge in [-0.15, -0.1) is 0 Å². The van der Waals surface area contributed by atoms with E-state index in [0.29, 0.717) is 0 Å². The molecule has 1 heterocycles. The topological polar surface area (TPSA) is 32.3 Å². The van der Waals surface area contributed by atoms with Crippen molar-refractivity contribution in [2.24, 2.45) is 0 Å². The molecule has 1 rings (SSSR count). The summed E-state index contributed by atoms with van der Waals surface area (Å²) in [6.45, 7) is 1.06. The van der Waals surface area contributed by atoms with Crippen LogP contribution in [0.1, 0.15) is 0 Å². The van der Waals surface area contributed by atoms with Gasteiger partial charge in [0.25, 0.3) is 0 Å². The van der Waals surface area contributed by atoms with Gasteiger partial charge >= 0.3 is 0 Å². The lowest BCUT2D eigenvalue weighted by atomic mass is 10.8. The van der Waals surface area contributed by atoms with Crippen molar-refractivity contribution in [3.8, 4) is 0 Å². The van der Waals surface area contributed by atoms with Gasteiger partial charge < -0.3 is 10.4 Å². The first kappa shape index (κ1) is 8.20. The van der Waals surface area contributed by atoms with E-state index in [1.54, 1.807) is 11.8 Å². The number of aliphatic hydroxyl groups is 1. The second kappa shape index (κ2) is 5.34. The molecule has 0 aromatic carbocycles. The van der Waals surface area contributed by atoms with Crippen LogP contribution in [0.5, 0.6) is 0 Å². The third-order valence-corrected chi connectivity index (χ3v) is 1.92. The van der Waals surface area contributed by atoms with Gasteiger partial charge in [-0.3, -0.25) is 0 Å². The fraction of sp³-hybridized carbons (Fsp3) is 0.750. The maximum Gasteiger partial charge on any atom is 0.133 e. The smallest absolute Gasteiger partial charge is 0.133 e. The van der Waals surface area contributed by atoms with Crippen LogP contribution >= 0.6 is 24.0 Å². The van der Waals surface area contributed by atoms with Crippen molar-refractivity contribution >= 4 is 28.3 Å². The SMILES string of the molecule is CO.S=C1NCCS1. The Morgan fingerprint density at radius 1 is 1.75 bits per heavy atom. The van der Waals surface area contributed by atoms with Crippen molar-refractivity contribution in [1.82, 2.24) is 5.32 Å². The van der Waals surface area contributed by atoms with Crippen LogP contribution in [0, 0.1) is 0 Å². The maximum absolute atomic E-state index is 7.00. The molecule has 0 amide bonds. The van der Waals surface area contributed by atoms with Crippen molar-refractivity contribution < 1.29 is 5.11 Å². The Labute approximate surface area is 58.7 Å². The Balaban J connectivity index is 0.000000222. The zero-order valence-corrected chi connectivity index (χ0v) is 6.31. The van der Waals surface area contributed by atoms with Gasteiger partial charge in [-0.2, -0.15) is 0 Å². The van der Waals surface area contributed by atoms with E-state index in [2.05, 4.69) is 5.32 Å². The number of aliphatic hydroxyl groups excluding tert-OH is 1. The Morgan fingerprint density at radius 3 is 2.50 bits per heavy atom.